The number of ketones is 2. The first-order chi connectivity index (χ1) is 13.5. The van der Waals surface area contributed by atoms with Gasteiger partial charge in [-0.3, -0.25) is 14.3 Å². The van der Waals surface area contributed by atoms with E-state index in [0.717, 1.165) is 0 Å². The van der Waals surface area contributed by atoms with Gasteiger partial charge in [0.2, 0.25) is 11.6 Å². The Morgan fingerprint density at radius 1 is 0.893 bits per heavy atom. The van der Waals surface area contributed by atoms with E-state index >= 15 is 0 Å². The van der Waals surface area contributed by atoms with Gasteiger partial charge in [0.05, 0.1) is 29.4 Å². The Morgan fingerprint density at radius 3 is 2.11 bits per heavy atom. The second-order valence-corrected chi connectivity index (χ2v) is 7.51. The van der Waals surface area contributed by atoms with Crippen LogP contribution >= 0.6 is 0 Å². The third-order valence-electron chi connectivity index (χ3n) is 6.06. The fourth-order valence-electron chi connectivity index (χ4n) is 4.92. The molecule has 1 N–H and O–H groups in total. The molecular formula is C21H16O7. The molecule has 142 valence electrons. The SMILES string of the molecule is COc1ccc2c3c1C(=O)CC[C@]31Oc3ccc(O)c4c3[C@](CCC4=O)(O2)O1. The predicted molar refractivity (Wildman–Crippen MR) is 93.9 cm³/mol. The molecule has 7 heteroatoms. The molecule has 0 radical (unpaired) electrons. The van der Waals surface area contributed by atoms with E-state index in [1.54, 1.807) is 18.2 Å². The number of hydrogen-bond donors (Lipinski definition) is 1. The number of rotatable bonds is 1. The van der Waals surface area contributed by atoms with Crippen LogP contribution in [0.4, 0.5) is 0 Å². The van der Waals surface area contributed by atoms with Gasteiger partial charge in [-0.1, -0.05) is 0 Å². The van der Waals surface area contributed by atoms with Crippen molar-refractivity contribution in [2.75, 3.05) is 7.11 Å². The average molecular weight is 380 g/mol. The molecule has 2 bridgehead atoms. The summed E-state index contributed by atoms with van der Waals surface area (Å²) in [4.78, 5) is 25.2. The maximum atomic E-state index is 12.7. The number of methoxy groups -OCH3 is 1. The highest BCUT2D eigenvalue weighted by Gasteiger charge is 2.63. The molecule has 0 fully saturated rings. The second-order valence-electron chi connectivity index (χ2n) is 7.51. The zero-order valence-corrected chi connectivity index (χ0v) is 15.0. The largest absolute Gasteiger partial charge is 0.507 e. The molecule has 0 unspecified atom stereocenters. The summed E-state index contributed by atoms with van der Waals surface area (Å²) >= 11 is 0. The molecule has 2 atom stereocenters. The Balaban J connectivity index is 1.68. The number of benzene rings is 2. The molecule has 4 aliphatic rings. The maximum absolute atomic E-state index is 12.7. The molecule has 6 rings (SSSR count). The summed E-state index contributed by atoms with van der Waals surface area (Å²) in [7, 11) is 1.51. The van der Waals surface area contributed by atoms with Gasteiger partial charge in [-0.2, -0.15) is 0 Å². The minimum atomic E-state index is -1.24. The van der Waals surface area contributed by atoms with E-state index in [-0.39, 0.29) is 35.7 Å². The lowest BCUT2D eigenvalue weighted by atomic mass is 9.78. The second kappa shape index (κ2) is 4.86. The van der Waals surface area contributed by atoms with Gasteiger partial charge in [0, 0.05) is 25.7 Å². The van der Waals surface area contributed by atoms with Crippen molar-refractivity contribution in [3.05, 3.63) is 46.5 Å². The van der Waals surface area contributed by atoms with Crippen LogP contribution < -0.4 is 14.2 Å². The van der Waals surface area contributed by atoms with Crippen molar-refractivity contribution in [2.24, 2.45) is 0 Å². The molecule has 0 aromatic heterocycles. The molecular weight excluding hydrogens is 364 g/mol. The van der Waals surface area contributed by atoms with Crippen molar-refractivity contribution < 1.29 is 33.6 Å². The van der Waals surface area contributed by atoms with Crippen LogP contribution in [0.1, 0.15) is 57.5 Å². The minimum Gasteiger partial charge on any atom is -0.507 e. The first-order valence-corrected chi connectivity index (χ1v) is 9.20. The summed E-state index contributed by atoms with van der Waals surface area (Å²) in [5.74, 6) is -1.43. The monoisotopic (exact) mass is 380 g/mol. The molecule has 28 heavy (non-hydrogen) atoms. The molecule has 0 amide bonds. The highest BCUT2D eigenvalue weighted by molar-refractivity contribution is 6.03. The Morgan fingerprint density at radius 2 is 1.46 bits per heavy atom. The van der Waals surface area contributed by atoms with Crippen molar-refractivity contribution in [1.29, 1.82) is 0 Å². The molecule has 0 saturated heterocycles. The first kappa shape index (κ1) is 15.9. The number of carbonyl (C=O) groups is 2. The van der Waals surface area contributed by atoms with Gasteiger partial charge in [0.1, 0.15) is 23.0 Å². The number of phenols is 1. The minimum absolute atomic E-state index is 0.0536. The van der Waals surface area contributed by atoms with Gasteiger partial charge in [-0.15, -0.1) is 0 Å². The quantitative estimate of drug-likeness (QED) is 0.812. The number of ether oxygens (including phenoxy) is 4. The number of phenolic OH excluding ortho intramolecular Hbond substituents is 1. The maximum Gasteiger partial charge on any atom is 0.245 e. The lowest BCUT2D eigenvalue weighted by Gasteiger charge is -2.55. The molecule has 2 heterocycles. The summed E-state index contributed by atoms with van der Waals surface area (Å²) in [6.45, 7) is 0. The van der Waals surface area contributed by atoms with Gasteiger partial charge in [0.25, 0.3) is 0 Å². The van der Waals surface area contributed by atoms with Crippen LogP contribution in [-0.4, -0.2) is 23.8 Å². The summed E-state index contributed by atoms with van der Waals surface area (Å²) in [5, 5.41) is 10.3. The Bertz CT molecular complexity index is 1100. The summed E-state index contributed by atoms with van der Waals surface area (Å²) in [6, 6.07) is 6.50. The summed E-state index contributed by atoms with van der Waals surface area (Å²) in [5.41, 5.74) is 1.55. The molecule has 2 aromatic rings. The lowest BCUT2D eigenvalue weighted by Crippen LogP contribution is -2.58. The van der Waals surface area contributed by atoms with Crippen LogP contribution in [0.15, 0.2) is 24.3 Å². The smallest absolute Gasteiger partial charge is 0.245 e. The Labute approximate surface area is 159 Å². The van der Waals surface area contributed by atoms with E-state index in [2.05, 4.69) is 0 Å². The number of Topliss-reactive ketones (excluding diaryl/α,β-unsaturated/α-hetero) is 2. The summed E-state index contributed by atoms with van der Waals surface area (Å²) < 4.78 is 24.5. The highest BCUT2D eigenvalue weighted by Crippen LogP contribution is 2.62. The molecule has 2 aliphatic heterocycles. The van der Waals surface area contributed by atoms with Crippen LogP contribution in [0.2, 0.25) is 0 Å². The van der Waals surface area contributed by atoms with Gasteiger partial charge >= 0.3 is 0 Å². The molecule has 2 spiro atoms. The van der Waals surface area contributed by atoms with Crippen LogP contribution in [0.3, 0.4) is 0 Å². The zero-order valence-electron chi connectivity index (χ0n) is 15.0. The van der Waals surface area contributed by atoms with Crippen LogP contribution in [0.5, 0.6) is 23.0 Å². The molecule has 0 saturated carbocycles. The molecule has 2 aliphatic carbocycles. The Kier molecular flexibility index (Phi) is 2.76. The van der Waals surface area contributed by atoms with Crippen molar-refractivity contribution in [2.45, 2.75) is 37.3 Å². The fraction of sp³-hybridized carbons (Fsp3) is 0.333. The summed E-state index contributed by atoms with van der Waals surface area (Å²) in [6.07, 6.45) is 1.04. The van der Waals surface area contributed by atoms with E-state index in [9.17, 15) is 14.7 Å². The zero-order chi connectivity index (χ0) is 19.3. The van der Waals surface area contributed by atoms with Crippen molar-refractivity contribution in [3.63, 3.8) is 0 Å². The van der Waals surface area contributed by atoms with Crippen molar-refractivity contribution in [1.82, 2.24) is 0 Å². The van der Waals surface area contributed by atoms with E-state index in [1.807, 2.05) is 0 Å². The van der Waals surface area contributed by atoms with Gasteiger partial charge in [0.15, 0.2) is 11.6 Å². The normalized spacial score (nSPS) is 28.6. The number of hydrogen-bond acceptors (Lipinski definition) is 7. The van der Waals surface area contributed by atoms with Gasteiger partial charge in [-0.25, -0.2) is 0 Å². The van der Waals surface area contributed by atoms with E-state index in [1.165, 1.54) is 13.2 Å². The van der Waals surface area contributed by atoms with E-state index < -0.39 is 11.6 Å². The van der Waals surface area contributed by atoms with Gasteiger partial charge < -0.3 is 19.3 Å². The van der Waals surface area contributed by atoms with E-state index in [0.29, 0.717) is 46.8 Å². The molecule has 7 nitrogen and oxygen atoms in total. The molecule has 2 aromatic carbocycles. The predicted octanol–water partition coefficient (Wildman–Crippen LogP) is 3.16. The Hall–Kier alpha value is -3.06. The van der Waals surface area contributed by atoms with E-state index in [4.69, 9.17) is 18.9 Å². The number of aromatic hydroxyl groups is 1. The van der Waals surface area contributed by atoms with Crippen molar-refractivity contribution >= 4 is 11.6 Å². The average Bonchev–Trinajstić information content (AvgIpc) is 2.69. The van der Waals surface area contributed by atoms with Crippen LogP contribution in [-0.2, 0) is 16.3 Å². The first-order valence-electron chi connectivity index (χ1n) is 9.20. The third kappa shape index (κ3) is 1.69. The third-order valence-corrected chi connectivity index (χ3v) is 6.06. The topological polar surface area (TPSA) is 91.3 Å². The lowest BCUT2D eigenvalue weighted by molar-refractivity contribution is -0.363. The highest BCUT2D eigenvalue weighted by atomic mass is 16.8. The van der Waals surface area contributed by atoms with Gasteiger partial charge in [-0.05, 0) is 24.3 Å². The standard InChI is InChI=1S/C21H16O7/c1-25-13-4-5-15-19-17(13)12(24)7-9-21(19)26-14-3-2-10(22)16-11(23)6-8-20(27-15,28-21)18(14)16/h2-5,22H,6-9H2,1H3/t20-,21-/m1/s1. The fourth-order valence-corrected chi connectivity index (χ4v) is 4.92. The van der Waals surface area contributed by atoms with Crippen LogP contribution in [0, 0.1) is 0 Å². The van der Waals surface area contributed by atoms with Crippen molar-refractivity contribution in [3.8, 4) is 23.0 Å². The number of carbonyl (C=O) groups excluding carboxylic acids is 2. The van der Waals surface area contributed by atoms with Crippen LogP contribution in [0.25, 0.3) is 0 Å².